The normalized spacial score (nSPS) is 31.1. The van der Waals surface area contributed by atoms with Gasteiger partial charge in [0.05, 0.1) is 11.2 Å². The van der Waals surface area contributed by atoms with Crippen molar-refractivity contribution in [2.45, 2.75) is 91.3 Å². The van der Waals surface area contributed by atoms with Crippen LogP contribution in [-0.4, -0.2) is 11.2 Å². The van der Waals surface area contributed by atoms with Crippen molar-refractivity contribution in [1.82, 2.24) is 0 Å². The van der Waals surface area contributed by atoms with Gasteiger partial charge in [0.25, 0.3) is 0 Å². The lowest BCUT2D eigenvalue weighted by Gasteiger charge is -2.65. The van der Waals surface area contributed by atoms with Crippen LogP contribution in [0.1, 0.15) is 80.1 Å². The Kier molecular flexibility index (Phi) is 4.10. The first-order valence-corrected chi connectivity index (χ1v) is 6.97. The smallest absolute Gasteiger partial charge is 0.0740 e. The second-order valence-corrected chi connectivity index (χ2v) is 6.63. The summed E-state index contributed by atoms with van der Waals surface area (Å²) in [6, 6.07) is 0. The predicted molar refractivity (Wildman–Crippen MR) is 70.7 cm³/mol. The van der Waals surface area contributed by atoms with Crippen molar-refractivity contribution in [2.24, 2.45) is 5.41 Å². The molecule has 0 bridgehead atoms. The summed E-state index contributed by atoms with van der Waals surface area (Å²) >= 11 is 0. The standard InChI is InChI=1S/C15H30O/c1-7-8-9-10-11-12-15(6)13(2,3)14(4,5)16-15/h7-12H2,1-6H3. The van der Waals surface area contributed by atoms with Crippen molar-refractivity contribution in [1.29, 1.82) is 0 Å². The van der Waals surface area contributed by atoms with Gasteiger partial charge in [-0.2, -0.15) is 0 Å². The molecule has 0 spiro atoms. The zero-order chi connectivity index (χ0) is 12.4. The zero-order valence-electron chi connectivity index (χ0n) is 12.2. The van der Waals surface area contributed by atoms with Gasteiger partial charge in [-0.3, -0.25) is 0 Å². The molecule has 0 aliphatic carbocycles. The molecule has 0 aromatic rings. The number of hydrogen-bond donors (Lipinski definition) is 0. The molecule has 1 aliphatic heterocycles. The fourth-order valence-electron chi connectivity index (χ4n) is 2.84. The van der Waals surface area contributed by atoms with Gasteiger partial charge in [-0.25, -0.2) is 0 Å². The highest BCUT2D eigenvalue weighted by atomic mass is 16.6. The molecule has 0 aromatic carbocycles. The molecule has 1 saturated heterocycles. The fourth-order valence-corrected chi connectivity index (χ4v) is 2.84. The predicted octanol–water partition coefficient (Wildman–Crippen LogP) is 4.94. The average molecular weight is 226 g/mol. The maximum Gasteiger partial charge on any atom is 0.0740 e. The van der Waals surface area contributed by atoms with Crippen LogP contribution < -0.4 is 0 Å². The first-order valence-electron chi connectivity index (χ1n) is 6.97. The zero-order valence-corrected chi connectivity index (χ0v) is 12.2. The van der Waals surface area contributed by atoms with E-state index in [1.54, 1.807) is 0 Å². The highest BCUT2D eigenvalue weighted by Crippen LogP contribution is 2.58. The summed E-state index contributed by atoms with van der Waals surface area (Å²) < 4.78 is 6.14. The SMILES string of the molecule is CCCCCCCC1(C)OC(C)(C)C1(C)C. The lowest BCUT2D eigenvalue weighted by atomic mass is 9.58. The van der Waals surface area contributed by atoms with Crippen molar-refractivity contribution in [3.05, 3.63) is 0 Å². The molecule has 1 aliphatic rings. The average Bonchev–Trinajstić information content (AvgIpc) is 2.16. The lowest BCUT2D eigenvalue weighted by Crippen LogP contribution is -2.70. The minimum atomic E-state index is 0.0468. The van der Waals surface area contributed by atoms with Gasteiger partial charge in [0, 0.05) is 5.41 Å². The third-order valence-electron chi connectivity index (χ3n) is 5.07. The van der Waals surface area contributed by atoms with Crippen LogP contribution in [0.25, 0.3) is 0 Å². The highest BCUT2D eigenvalue weighted by Gasteiger charge is 2.62. The summed E-state index contributed by atoms with van der Waals surface area (Å²) in [6.07, 6.45) is 7.99. The molecular formula is C15H30O. The number of unbranched alkanes of at least 4 members (excludes halogenated alkanes) is 4. The summed E-state index contributed by atoms with van der Waals surface area (Å²) in [5, 5.41) is 0. The summed E-state index contributed by atoms with van der Waals surface area (Å²) in [4.78, 5) is 0. The van der Waals surface area contributed by atoms with E-state index in [0.717, 1.165) is 0 Å². The van der Waals surface area contributed by atoms with Gasteiger partial charge in [-0.15, -0.1) is 0 Å². The van der Waals surface area contributed by atoms with Crippen LogP contribution in [0.4, 0.5) is 0 Å². The number of rotatable bonds is 6. The Morgan fingerprint density at radius 1 is 0.812 bits per heavy atom. The van der Waals surface area contributed by atoms with Gasteiger partial charge in [-0.05, 0) is 27.2 Å². The van der Waals surface area contributed by atoms with Gasteiger partial charge in [-0.1, -0.05) is 52.9 Å². The van der Waals surface area contributed by atoms with Crippen molar-refractivity contribution in [3.8, 4) is 0 Å². The van der Waals surface area contributed by atoms with Gasteiger partial charge in [0.2, 0.25) is 0 Å². The summed E-state index contributed by atoms with van der Waals surface area (Å²) in [6.45, 7) is 13.7. The lowest BCUT2D eigenvalue weighted by molar-refractivity contribution is -0.350. The molecule has 1 fully saturated rings. The van der Waals surface area contributed by atoms with E-state index >= 15 is 0 Å². The van der Waals surface area contributed by atoms with Gasteiger partial charge in [0.15, 0.2) is 0 Å². The third-order valence-corrected chi connectivity index (χ3v) is 5.07. The van der Waals surface area contributed by atoms with Crippen molar-refractivity contribution in [3.63, 3.8) is 0 Å². The van der Waals surface area contributed by atoms with E-state index in [1.165, 1.54) is 38.5 Å². The van der Waals surface area contributed by atoms with E-state index in [-0.39, 0.29) is 11.2 Å². The van der Waals surface area contributed by atoms with Crippen molar-refractivity contribution >= 4 is 0 Å². The van der Waals surface area contributed by atoms with E-state index in [1.807, 2.05) is 0 Å². The first kappa shape index (κ1) is 14.0. The van der Waals surface area contributed by atoms with Crippen molar-refractivity contribution < 1.29 is 4.74 Å². The highest BCUT2D eigenvalue weighted by molar-refractivity contribution is 5.10. The molecule has 0 radical (unpaired) electrons. The molecule has 1 heteroatoms. The maximum absolute atomic E-state index is 6.14. The van der Waals surface area contributed by atoms with Crippen LogP contribution in [0.5, 0.6) is 0 Å². The van der Waals surface area contributed by atoms with Crippen LogP contribution in [0.3, 0.4) is 0 Å². The topological polar surface area (TPSA) is 9.23 Å². The molecule has 1 unspecified atom stereocenters. The molecule has 1 heterocycles. The Labute approximate surface area is 102 Å². The Balaban J connectivity index is 2.33. The first-order chi connectivity index (χ1) is 7.27. The molecule has 96 valence electrons. The van der Waals surface area contributed by atoms with Gasteiger partial charge < -0.3 is 4.74 Å². The molecule has 0 aromatic heterocycles. The Hall–Kier alpha value is -0.0400. The Bertz CT molecular complexity index is 230. The molecule has 16 heavy (non-hydrogen) atoms. The van der Waals surface area contributed by atoms with Gasteiger partial charge >= 0.3 is 0 Å². The monoisotopic (exact) mass is 226 g/mol. The molecule has 1 nitrogen and oxygen atoms in total. The minimum Gasteiger partial charge on any atom is -0.368 e. The van der Waals surface area contributed by atoms with Crippen LogP contribution in [0.2, 0.25) is 0 Å². The van der Waals surface area contributed by atoms with Crippen molar-refractivity contribution in [2.75, 3.05) is 0 Å². The van der Waals surface area contributed by atoms with E-state index in [9.17, 15) is 0 Å². The second kappa shape index (κ2) is 4.68. The number of ether oxygens (including phenoxy) is 1. The molecule has 0 N–H and O–H groups in total. The van der Waals surface area contributed by atoms with Crippen LogP contribution in [-0.2, 0) is 4.74 Å². The Morgan fingerprint density at radius 2 is 1.38 bits per heavy atom. The summed E-state index contributed by atoms with van der Waals surface area (Å²) in [7, 11) is 0. The third kappa shape index (κ3) is 2.30. The van der Waals surface area contributed by atoms with Crippen LogP contribution >= 0.6 is 0 Å². The summed E-state index contributed by atoms with van der Waals surface area (Å²) in [5.74, 6) is 0. The largest absolute Gasteiger partial charge is 0.368 e. The van der Waals surface area contributed by atoms with Crippen LogP contribution in [0, 0.1) is 5.41 Å². The van der Waals surface area contributed by atoms with E-state index < -0.39 is 0 Å². The molecule has 1 atom stereocenters. The quantitative estimate of drug-likeness (QED) is 0.583. The number of hydrogen-bond acceptors (Lipinski definition) is 1. The van der Waals surface area contributed by atoms with E-state index in [2.05, 4.69) is 41.5 Å². The molecule has 0 amide bonds. The molecular weight excluding hydrogens is 196 g/mol. The molecule has 0 saturated carbocycles. The Morgan fingerprint density at radius 3 is 1.81 bits per heavy atom. The van der Waals surface area contributed by atoms with Crippen LogP contribution in [0.15, 0.2) is 0 Å². The second-order valence-electron chi connectivity index (χ2n) is 6.63. The maximum atomic E-state index is 6.14. The van der Waals surface area contributed by atoms with E-state index in [4.69, 9.17) is 4.74 Å². The summed E-state index contributed by atoms with van der Waals surface area (Å²) in [5.41, 5.74) is 0.443. The van der Waals surface area contributed by atoms with Gasteiger partial charge in [0.1, 0.15) is 0 Å². The minimum absolute atomic E-state index is 0.0468. The fraction of sp³-hybridized carbons (Fsp3) is 1.00. The molecule has 1 rings (SSSR count). The van der Waals surface area contributed by atoms with E-state index in [0.29, 0.717) is 5.41 Å².